The smallest absolute Gasteiger partial charge is 0.185 e. The summed E-state index contributed by atoms with van der Waals surface area (Å²) in [7, 11) is 0. The molecule has 0 amide bonds. The lowest BCUT2D eigenvalue weighted by molar-refractivity contribution is -0.131. The number of carbonyl (C=O) groups is 1. The number of guanidine groups is 1. The maximum atomic E-state index is 12.2. The first-order valence-corrected chi connectivity index (χ1v) is 6.65. The molecular formula is C13H26N4O. The Bertz CT molecular complexity index is 321. The summed E-state index contributed by atoms with van der Waals surface area (Å²) in [6.07, 6.45) is 2.72. The maximum Gasteiger partial charge on any atom is 0.185 e. The fourth-order valence-electron chi connectivity index (χ4n) is 2.34. The van der Waals surface area contributed by atoms with E-state index in [1.165, 1.54) is 0 Å². The third-order valence-corrected chi connectivity index (χ3v) is 4.21. The van der Waals surface area contributed by atoms with E-state index in [1.54, 1.807) is 0 Å². The van der Waals surface area contributed by atoms with Crippen molar-refractivity contribution in [3.8, 4) is 0 Å². The van der Waals surface area contributed by atoms with Crippen LogP contribution in [0.3, 0.4) is 0 Å². The second-order valence-corrected chi connectivity index (χ2v) is 6.02. The van der Waals surface area contributed by atoms with Crippen molar-refractivity contribution in [3.63, 3.8) is 0 Å². The van der Waals surface area contributed by atoms with Crippen LogP contribution in [0.1, 0.15) is 40.0 Å². The Kier molecular flexibility index (Phi) is 4.73. The number of nitrogens with one attached hydrogen (secondary N) is 2. The average molecular weight is 254 g/mol. The molecular weight excluding hydrogens is 228 g/mol. The van der Waals surface area contributed by atoms with Crippen LogP contribution >= 0.6 is 0 Å². The number of rotatable bonds is 6. The molecule has 0 heterocycles. The first-order valence-electron chi connectivity index (χ1n) is 6.65. The van der Waals surface area contributed by atoms with Crippen LogP contribution in [-0.4, -0.2) is 24.3 Å². The van der Waals surface area contributed by atoms with Crippen molar-refractivity contribution in [1.29, 1.82) is 5.41 Å². The first-order chi connectivity index (χ1) is 8.27. The molecule has 0 spiro atoms. The van der Waals surface area contributed by atoms with Crippen LogP contribution in [0.25, 0.3) is 0 Å². The van der Waals surface area contributed by atoms with Gasteiger partial charge in [0.15, 0.2) is 11.7 Å². The average Bonchev–Trinajstić information content (AvgIpc) is 2.25. The van der Waals surface area contributed by atoms with Crippen LogP contribution in [0.15, 0.2) is 0 Å². The van der Waals surface area contributed by atoms with Crippen molar-refractivity contribution in [3.05, 3.63) is 0 Å². The first kappa shape index (κ1) is 15.0. The molecule has 0 aromatic rings. The van der Waals surface area contributed by atoms with Crippen molar-refractivity contribution in [2.75, 3.05) is 6.54 Å². The van der Waals surface area contributed by atoms with E-state index >= 15 is 0 Å². The van der Waals surface area contributed by atoms with E-state index in [-0.39, 0.29) is 23.2 Å². The van der Waals surface area contributed by atoms with Crippen molar-refractivity contribution in [2.24, 2.45) is 28.7 Å². The lowest BCUT2D eigenvalue weighted by Gasteiger charge is -2.40. The van der Waals surface area contributed by atoms with Gasteiger partial charge in [0.2, 0.25) is 0 Å². The van der Waals surface area contributed by atoms with Gasteiger partial charge in [-0.05, 0) is 31.1 Å². The van der Waals surface area contributed by atoms with Crippen molar-refractivity contribution in [2.45, 2.75) is 46.1 Å². The van der Waals surface area contributed by atoms with Crippen LogP contribution < -0.4 is 16.8 Å². The Hall–Kier alpha value is -1.10. The molecule has 1 rings (SSSR count). The van der Waals surface area contributed by atoms with Gasteiger partial charge >= 0.3 is 0 Å². The molecule has 5 heteroatoms. The van der Waals surface area contributed by atoms with Crippen LogP contribution in [0.2, 0.25) is 0 Å². The lowest BCUT2D eigenvalue weighted by Crippen LogP contribution is -2.51. The number of carbonyl (C=O) groups excluding carboxylic acids is 1. The molecule has 1 fully saturated rings. The predicted octanol–water partition coefficient (Wildman–Crippen LogP) is 0.828. The molecule has 0 aromatic carbocycles. The highest BCUT2D eigenvalue weighted by molar-refractivity contribution is 5.89. The molecule has 0 aliphatic heterocycles. The van der Waals surface area contributed by atoms with E-state index in [0.717, 1.165) is 19.3 Å². The highest BCUT2D eigenvalue weighted by atomic mass is 16.1. The Balaban J connectivity index is 2.37. The van der Waals surface area contributed by atoms with Gasteiger partial charge in [-0.25, -0.2) is 0 Å². The van der Waals surface area contributed by atoms with Crippen molar-refractivity contribution < 1.29 is 4.79 Å². The number of hydrogen-bond donors (Lipinski definition) is 4. The largest absolute Gasteiger partial charge is 0.370 e. The summed E-state index contributed by atoms with van der Waals surface area (Å²) < 4.78 is 0. The van der Waals surface area contributed by atoms with Crippen LogP contribution in [0, 0.1) is 22.7 Å². The Morgan fingerprint density at radius 3 is 2.50 bits per heavy atom. The minimum absolute atomic E-state index is 0.00550. The molecule has 1 aliphatic rings. The quantitative estimate of drug-likeness (QED) is 0.416. The maximum absolute atomic E-state index is 12.2. The van der Waals surface area contributed by atoms with Gasteiger partial charge in [-0.15, -0.1) is 0 Å². The fraction of sp³-hybridized carbons (Fsp3) is 0.846. The Labute approximate surface area is 109 Å². The van der Waals surface area contributed by atoms with Gasteiger partial charge in [-0.3, -0.25) is 10.2 Å². The molecule has 1 saturated carbocycles. The third kappa shape index (κ3) is 3.45. The normalized spacial score (nSPS) is 25.1. The summed E-state index contributed by atoms with van der Waals surface area (Å²) in [6.45, 7) is 6.65. The standard InChI is InChI=1S/C13H26N4O/c1-4-13(2,3)11(18)10(14)9-5-8(6-9)7-17-12(15)16/h8-10H,4-7,14H2,1-3H3,(H4,15,16,17). The summed E-state index contributed by atoms with van der Waals surface area (Å²) in [4.78, 5) is 12.2. The highest BCUT2D eigenvalue weighted by Gasteiger charge is 2.40. The summed E-state index contributed by atoms with van der Waals surface area (Å²) in [6, 6.07) is -0.339. The molecule has 104 valence electrons. The predicted molar refractivity (Wildman–Crippen MR) is 73.2 cm³/mol. The summed E-state index contributed by atoms with van der Waals surface area (Å²) in [5.41, 5.74) is 11.0. The van der Waals surface area contributed by atoms with Gasteiger partial charge in [0.05, 0.1) is 6.04 Å². The highest BCUT2D eigenvalue weighted by Crippen LogP contribution is 2.37. The molecule has 1 aliphatic carbocycles. The number of nitrogens with two attached hydrogens (primary N) is 2. The minimum atomic E-state index is -0.339. The second-order valence-electron chi connectivity index (χ2n) is 6.02. The number of hydrogen-bond acceptors (Lipinski definition) is 3. The molecule has 1 unspecified atom stereocenters. The summed E-state index contributed by atoms with van der Waals surface area (Å²) in [5.74, 6) is 0.962. The molecule has 0 bridgehead atoms. The topological polar surface area (TPSA) is 105 Å². The lowest BCUT2D eigenvalue weighted by atomic mass is 9.67. The van der Waals surface area contributed by atoms with Gasteiger partial charge in [0.25, 0.3) is 0 Å². The molecule has 5 nitrogen and oxygen atoms in total. The fourth-order valence-corrected chi connectivity index (χ4v) is 2.34. The zero-order chi connectivity index (χ0) is 13.9. The Morgan fingerprint density at radius 1 is 1.50 bits per heavy atom. The number of Topliss-reactive ketones (excluding diaryl/α,β-unsaturated/α-hetero) is 1. The number of ketones is 1. The van der Waals surface area contributed by atoms with E-state index in [1.807, 2.05) is 20.8 Å². The van der Waals surface area contributed by atoms with Crippen LogP contribution in [0.5, 0.6) is 0 Å². The SMILES string of the molecule is CCC(C)(C)C(=O)C(N)C1CC(CNC(=N)N)C1. The third-order valence-electron chi connectivity index (χ3n) is 4.21. The van der Waals surface area contributed by atoms with Crippen molar-refractivity contribution in [1.82, 2.24) is 5.32 Å². The summed E-state index contributed by atoms with van der Waals surface area (Å²) >= 11 is 0. The van der Waals surface area contributed by atoms with E-state index in [2.05, 4.69) is 5.32 Å². The van der Waals surface area contributed by atoms with Crippen molar-refractivity contribution >= 4 is 11.7 Å². The van der Waals surface area contributed by atoms with Gasteiger partial charge in [-0.2, -0.15) is 0 Å². The van der Waals surface area contributed by atoms with E-state index < -0.39 is 0 Å². The molecule has 0 aromatic heterocycles. The zero-order valence-corrected chi connectivity index (χ0v) is 11.6. The monoisotopic (exact) mass is 254 g/mol. The summed E-state index contributed by atoms with van der Waals surface area (Å²) in [5, 5.41) is 9.90. The molecule has 0 saturated heterocycles. The van der Waals surface area contributed by atoms with Gasteiger partial charge in [0.1, 0.15) is 0 Å². The Morgan fingerprint density at radius 2 is 2.06 bits per heavy atom. The van der Waals surface area contributed by atoms with Gasteiger partial charge < -0.3 is 16.8 Å². The molecule has 0 radical (unpaired) electrons. The minimum Gasteiger partial charge on any atom is -0.370 e. The van der Waals surface area contributed by atoms with Crippen LogP contribution in [0.4, 0.5) is 0 Å². The molecule has 6 N–H and O–H groups in total. The van der Waals surface area contributed by atoms with E-state index in [9.17, 15) is 4.79 Å². The van der Waals surface area contributed by atoms with Gasteiger partial charge in [-0.1, -0.05) is 20.8 Å². The molecule has 18 heavy (non-hydrogen) atoms. The van der Waals surface area contributed by atoms with E-state index in [0.29, 0.717) is 18.4 Å². The van der Waals surface area contributed by atoms with E-state index in [4.69, 9.17) is 16.9 Å². The second kappa shape index (κ2) is 5.69. The zero-order valence-electron chi connectivity index (χ0n) is 11.6. The van der Waals surface area contributed by atoms with Gasteiger partial charge in [0, 0.05) is 12.0 Å². The van der Waals surface area contributed by atoms with Crippen LogP contribution in [-0.2, 0) is 4.79 Å². The molecule has 1 atom stereocenters.